The molecule has 92 valence electrons. The molecule has 0 radical (unpaired) electrons. The second kappa shape index (κ2) is 4.52. The zero-order valence-corrected chi connectivity index (χ0v) is 9.90. The largest absolute Gasteiger partial charge is 0.372 e. The van der Waals surface area contributed by atoms with E-state index in [0.717, 1.165) is 11.1 Å². The van der Waals surface area contributed by atoms with E-state index in [2.05, 4.69) is 0 Å². The molecule has 2 aromatic rings. The first-order valence-electron chi connectivity index (χ1n) is 5.95. The van der Waals surface area contributed by atoms with E-state index >= 15 is 0 Å². The molecule has 2 aromatic carbocycles. The molecular weight excluding hydrogens is 229 g/mol. The van der Waals surface area contributed by atoms with E-state index in [-0.39, 0.29) is 5.82 Å². The molecule has 0 bridgehead atoms. The van der Waals surface area contributed by atoms with Crippen molar-refractivity contribution in [1.82, 2.24) is 0 Å². The second-order valence-corrected chi connectivity index (χ2v) is 4.52. The van der Waals surface area contributed by atoms with Crippen molar-refractivity contribution in [2.24, 2.45) is 5.73 Å². The maximum Gasteiger partial charge on any atom is 0.128 e. The summed E-state index contributed by atoms with van der Waals surface area (Å²) in [5.41, 5.74) is 9.92. The van der Waals surface area contributed by atoms with E-state index in [1.165, 1.54) is 11.6 Å². The van der Waals surface area contributed by atoms with Gasteiger partial charge in [-0.15, -0.1) is 0 Å². The molecule has 1 aliphatic rings. The minimum Gasteiger partial charge on any atom is -0.372 e. The third kappa shape index (κ3) is 1.92. The summed E-state index contributed by atoms with van der Waals surface area (Å²) in [5.74, 6) is -0.262. The maximum atomic E-state index is 13.7. The zero-order chi connectivity index (χ0) is 12.5. The zero-order valence-electron chi connectivity index (χ0n) is 9.90. The van der Waals surface area contributed by atoms with Gasteiger partial charge in [0.25, 0.3) is 0 Å². The highest BCUT2D eigenvalue weighted by molar-refractivity contribution is 5.38. The summed E-state index contributed by atoms with van der Waals surface area (Å²) in [6, 6.07) is 12.2. The van der Waals surface area contributed by atoms with Gasteiger partial charge in [-0.25, -0.2) is 4.39 Å². The fourth-order valence-electron chi connectivity index (χ4n) is 2.29. The van der Waals surface area contributed by atoms with E-state index in [9.17, 15) is 4.39 Å². The molecule has 2 N–H and O–H groups in total. The maximum absolute atomic E-state index is 13.7. The average molecular weight is 243 g/mol. The van der Waals surface area contributed by atoms with Crippen LogP contribution in [0, 0.1) is 5.82 Å². The summed E-state index contributed by atoms with van der Waals surface area (Å²) in [5, 5.41) is 0. The van der Waals surface area contributed by atoms with Crippen molar-refractivity contribution in [1.29, 1.82) is 0 Å². The first kappa shape index (κ1) is 11.4. The number of nitrogens with two attached hydrogens (primary N) is 1. The van der Waals surface area contributed by atoms with E-state index < -0.39 is 6.04 Å². The lowest BCUT2D eigenvalue weighted by molar-refractivity contribution is 0.134. The molecule has 1 aliphatic heterocycles. The Morgan fingerprint density at radius 3 is 2.67 bits per heavy atom. The van der Waals surface area contributed by atoms with Gasteiger partial charge in [-0.2, -0.15) is 0 Å². The molecule has 0 saturated carbocycles. The van der Waals surface area contributed by atoms with E-state index in [1.807, 2.05) is 18.2 Å². The van der Waals surface area contributed by atoms with Crippen LogP contribution in [0.25, 0.3) is 0 Å². The van der Waals surface area contributed by atoms with Crippen LogP contribution in [-0.2, 0) is 18.0 Å². The summed E-state index contributed by atoms with van der Waals surface area (Å²) >= 11 is 0. The second-order valence-electron chi connectivity index (χ2n) is 4.52. The Morgan fingerprint density at radius 1 is 1.06 bits per heavy atom. The highest BCUT2D eigenvalue weighted by Crippen LogP contribution is 2.27. The van der Waals surface area contributed by atoms with Gasteiger partial charge in [0.15, 0.2) is 0 Å². The third-order valence-electron chi connectivity index (χ3n) is 3.34. The number of benzene rings is 2. The van der Waals surface area contributed by atoms with Gasteiger partial charge in [0.1, 0.15) is 5.82 Å². The molecule has 0 amide bonds. The molecule has 18 heavy (non-hydrogen) atoms. The lowest BCUT2D eigenvalue weighted by Crippen LogP contribution is -2.13. The van der Waals surface area contributed by atoms with Crippen molar-refractivity contribution in [2.75, 3.05) is 0 Å². The third-order valence-corrected chi connectivity index (χ3v) is 3.34. The monoisotopic (exact) mass is 243 g/mol. The molecule has 1 unspecified atom stereocenters. The van der Waals surface area contributed by atoms with Crippen molar-refractivity contribution in [3.8, 4) is 0 Å². The average Bonchev–Trinajstić information content (AvgIpc) is 2.85. The minimum atomic E-state index is -0.433. The number of ether oxygens (including phenoxy) is 1. The van der Waals surface area contributed by atoms with Crippen molar-refractivity contribution in [3.05, 3.63) is 70.5 Å². The highest BCUT2D eigenvalue weighted by Gasteiger charge is 2.17. The van der Waals surface area contributed by atoms with Gasteiger partial charge in [0, 0.05) is 5.56 Å². The van der Waals surface area contributed by atoms with Gasteiger partial charge in [0.05, 0.1) is 19.3 Å². The Kier molecular flexibility index (Phi) is 2.86. The van der Waals surface area contributed by atoms with Crippen LogP contribution < -0.4 is 5.73 Å². The molecular formula is C15H14FNO. The van der Waals surface area contributed by atoms with Crippen molar-refractivity contribution in [2.45, 2.75) is 19.3 Å². The van der Waals surface area contributed by atoms with Crippen LogP contribution >= 0.6 is 0 Å². The summed E-state index contributed by atoms with van der Waals surface area (Å²) in [4.78, 5) is 0. The lowest BCUT2D eigenvalue weighted by Gasteiger charge is -2.14. The van der Waals surface area contributed by atoms with Crippen LogP contribution in [0.1, 0.15) is 28.3 Å². The van der Waals surface area contributed by atoms with Gasteiger partial charge in [-0.3, -0.25) is 0 Å². The Bertz CT molecular complexity index is 582. The van der Waals surface area contributed by atoms with Crippen LogP contribution in [0.15, 0.2) is 42.5 Å². The van der Waals surface area contributed by atoms with Crippen LogP contribution in [0.4, 0.5) is 4.39 Å². The molecule has 0 spiro atoms. The van der Waals surface area contributed by atoms with Gasteiger partial charge >= 0.3 is 0 Å². The summed E-state index contributed by atoms with van der Waals surface area (Å²) in [6.45, 7) is 1.28. The van der Waals surface area contributed by atoms with Gasteiger partial charge in [0.2, 0.25) is 0 Å². The normalized spacial score (nSPS) is 15.4. The van der Waals surface area contributed by atoms with Crippen molar-refractivity contribution < 1.29 is 9.13 Å². The summed E-state index contributed by atoms with van der Waals surface area (Å²) < 4.78 is 19.1. The quantitative estimate of drug-likeness (QED) is 0.880. The van der Waals surface area contributed by atoms with Gasteiger partial charge < -0.3 is 10.5 Å². The molecule has 1 atom stereocenters. The molecule has 2 nitrogen and oxygen atoms in total. The molecule has 3 heteroatoms. The number of fused-ring (bicyclic) bond motifs is 1. The minimum absolute atomic E-state index is 0.262. The van der Waals surface area contributed by atoms with Crippen LogP contribution in [0.5, 0.6) is 0 Å². The first-order chi connectivity index (χ1) is 8.75. The molecule has 0 saturated heterocycles. The Morgan fingerprint density at radius 2 is 1.83 bits per heavy atom. The number of hydrogen-bond acceptors (Lipinski definition) is 2. The standard InChI is InChI=1S/C15H14FNO/c16-14-4-2-1-3-13(14)15(17)10-5-6-11-8-18-9-12(11)7-10/h1-7,15H,8-9,17H2. The first-order valence-corrected chi connectivity index (χ1v) is 5.95. The Balaban J connectivity index is 1.98. The number of rotatable bonds is 2. The predicted octanol–water partition coefficient (Wildman–Crippen LogP) is 2.90. The SMILES string of the molecule is NC(c1ccc2c(c1)COC2)c1ccccc1F. The summed E-state index contributed by atoms with van der Waals surface area (Å²) in [6.07, 6.45) is 0. The fraction of sp³-hybridized carbons (Fsp3) is 0.200. The van der Waals surface area contributed by atoms with Gasteiger partial charge in [-0.05, 0) is 22.8 Å². The summed E-state index contributed by atoms with van der Waals surface area (Å²) in [7, 11) is 0. The van der Waals surface area contributed by atoms with Crippen LogP contribution in [0.3, 0.4) is 0 Å². The van der Waals surface area contributed by atoms with E-state index in [0.29, 0.717) is 18.8 Å². The van der Waals surface area contributed by atoms with Crippen LogP contribution in [0.2, 0.25) is 0 Å². The van der Waals surface area contributed by atoms with Gasteiger partial charge in [-0.1, -0.05) is 36.4 Å². The van der Waals surface area contributed by atoms with Crippen molar-refractivity contribution >= 4 is 0 Å². The lowest BCUT2D eigenvalue weighted by atomic mass is 9.96. The molecule has 3 rings (SSSR count). The molecule has 1 heterocycles. The van der Waals surface area contributed by atoms with Crippen LogP contribution in [-0.4, -0.2) is 0 Å². The highest BCUT2D eigenvalue weighted by atomic mass is 19.1. The Hall–Kier alpha value is -1.71. The number of hydrogen-bond donors (Lipinski definition) is 1. The van der Waals surface area contributed by atoms with E-state index in [4.69, 9.17) is 10.5 Å². The molecule has 0 aromatic heterocycles. The van der Waals surface area contributed by atoms with Crippen molar-refractivity contribution in [3.63, 3.8) is 0 Å². The van der Waals surface area contributed by atoms with E-state index in [1.54, 1.807) is 18.2 Å². The Labute approximate surface area is 105 Å². The topological polar surface area (TPSA) is 35.2 Å². The number of halogens is 1. The predicted molar refractivity (Wildman–Crippen MR) is 67.4 cm³/mol. The molecule has 0 fully saturated rings. The smallest absolute Gasteiger partial charge is 0.128 e. The molecule has 0 aliphatic carbocycles. The fourth-order valence-corrected chi connectivity index (χ4v) is 2.29.